The quantitative estimate of drug-likeness (QED) is 0.498. The molecule has 3 N–H and O–H groups in total. The molecule has 2 fully saturated rings. The van der Waals surface area contributed by atoms with Gasteiger partial charge in [-0.1, -0.05) is 25.8 Å². The molecule has 1 saturated heterocycles. The van der Waals surface area contributed by atoms with E-state index in [1.54, 1.807) is 12.3 Å². The average Bonchev–Trinajstić information content (AvgIpc) is 3.17. The lowest BCUT2D eigenvalue weighted by Crippen LogP contribution is -2.49. The van der Waals surface area contributed by atoms with Crippen molar-refractivity contribution in [1.82, 2.24) is 10.3 Å². The van der Waals surface area contributed by atoms with E-state index in [0.29, 0.717) is 37.7 Å². The van der Waals surface area contributed by atoms with Crippen LogP contribution in [0, 0.1) is 11.8 Å². The lowest BCUT2D eigenvalue weighted by atomic mass is 9.76. The van der Waals surface area contributed by atoms with Gasteiger partial charge in [-0.2, -0.15) is 0 Å². The van der Waals surface area contributed by atoms with Crippen LogP contribution in [-0.2, 0) is 29.6 Å². The molecular formula is C28H34N4O6S. The van der Waals surface area contributed by atoms with E-state index in [-0.39, 0.29) is 28.1 Å². The molecule has 0 radical (unpaired) electrons. The van der Waals surface area contributed by atoms with Gasteiger partial charge >= 0.3 is 0 Å². The third kappa shape index (κ3) is 5.56. The average molecular weight is 555 g/mol. The second-order valence-corrected chi connectivity index (χ2v) is 13.0. The Hall–Kier alpha value is -3.31. The number of carbonyl (C=O) groups is 3. The fraction of sp³-hybridized carbons (Fsp3) is 0.500. The Balaban J connectivity index is 1.36. The fourth-order valence-corrected chi connectivity index (χ4v) is 6.57. The van der Waals surface area contributed by atoms with E-state index in [1.807, 2.05) is 0 Å². The van der Waals surface area contributed by atoms with Crippen molar-refractivity contribution in [3.05, 3.63) is 47.7 Å². The highest BCUT2D eigenvalue weighted by Crippen LogP contribution is 2.44. The maximum atomic E-state index is 13.6. The van der Waals surface area contributed by atoms with E-state index in [1.165, 1.54) is 24.3 Å². The molecule has 3 amide bonds. The topological polar surface area (TPSA) is 144 Å². The number of sulfone groups is 1. The van der Waals surface area contributed by atoms with Crippen LogP contribution in [-0.4, -0.2) is 56.6 Å². The summed E-state index contributed by atoms with van der Waals surface area (Å²) < 4.78 is 29.4. The minimum atomic E-state index is -3.49. The second kappa shape index (κ2) is 10.7. The Labute approximate surface area is 228 Å². The zero-order valence-electron chi connectivity index (χ0n) is 22.2. The van der Waals surface area contributed by atoms with E-state index in [9.17, 15) is 22.8 Å². The van der Waals surface area contributed by atoms with Crippen LogP contribution in [0.15, 0.2) is 41.4 Å². The Morgan fingerprint density at radius 1 is 1.13 bits per heavy atom. The maximum absolute atomic E-state index is 13.6. The van der Waals surface area contributed by atoms with Gasteiger partial charge in [0.15, 0.2) is 9.84 Å². The lowest BCUT2D eigenvalue weighted by molar-refractivity contribution is -0.124. The molecule has 3 heterocycles. The minimum Gasteiger partial charge on any atom is -0.381 e. The predicted molar refractivity (Wildman–Crippen MR) is 145 cm³/mol. The van der Waals surface area contributed by atoms with Gasteiger partial charge < -0.3 is 20.7 Å². The lowest BCUT2D eigenvalue weighted by Gasteiger charge is -2.32. The van der Waals surface area contributed by atoms with Gasteiger partial charge in [0.25, 0.3) is 5.91 Å². The summed E-state index contributed by atoms with van der Waals surface area (Å²) in [5.74, 6) is -0.251. The van der Waals surface area contributed by atoms with Gasteiger partial charge in [0.05, 0.1) is 16.0 Å². The smallest absolute Gasteiger partial charge is 0.251 e. The van der Waals surface area contributed by atoms with Crippen LogP contribution in [0.5, 0.6) is 0 Å². The molecule has 1 aromatic carbocycles. The summed E-state index contributed by atoms with van der Waals surface area (Å²) in [6.07, 6.45) is 7.33. The number of amides is 3. The highest BCUT2D eigenvalue weighted by atomic mass is 32.2. The molecule has 2 aliphatic heterocycles. The van der Waals surface area contributed by atoms with Crippen LogP contribution in [0.3, 0.4) is 0 Å². The van der Waals surface area contributed by atoms with Crippen molar-refractivity contribution in [1.29, 1.82) is 0 Å². The number of nitrogens with one attached hydrogen (secondary N) is 3. The van der Waals surface area contributed by atoms with Crippen LogP contribution in [0.2, 0.25) is 0 Å². The van der Waals surface area contributed by atoms with Crippen LogP contribution < -0.4 is 16.0 Å². The number of aromatic nitrogens is 1. The monoisotopic (exact) mass is 554 g/mol. The summed E-state index contributed by atoms with van der Waals surface area (Å²) in [6, 6.07) is 6.61. The molecule has 1 saturated carbocycles. The Bertz CT molecular complexity index is 1390. The molecule has 1 aromatic heterocycles. The van der Waals surface area contributed by atoms with Crippen molar-refractivity contribution in [2.24, 2.45) is 11.8 Å². The SMILES string of the molecule is CC1CCC([C@H](NC(=O)c2cccc(S(C)(=O)=O)c2)C(=O)Nc2cc3c(cn2)C2(CCOCC2)C(=O)N3)CC1. The molecule has 1 aliphatic carbocycles. The van der Waals surface area contributed by atoms with Gasteiger partial charge in [0, 0.05) is 42.9 Å². The van der Waals surface area contributed by atoms with E-state index >= 15 is 0 Å². The van der Waals surface area contributed by atoms with E-state index in [2.05, 4.69) is 27.9 Å². The summed E-state index contributed by atoms with van der Waals surface area (Å²) >= 11 is 0. The molecule has 208 valence electrons. The number of fused-ring (bicyclic) bond motifs is 2. The summed E-state index contributed by atoms with van der Waals surface area (Å²) in [7, 11) is -3.49. The third-order valence-corrected chi connectivity index (χ3v) is 9.44. The first-order valence-corrected chi connectivity index (χ1v) is 15.3. The number of anilines is 2. The number of nitrogens with zero attached hydrogens (tertiary/aromatic N) is 1. The molecule has 39 heavy (non-hydrogen) atoms. The van der Waals surface area contributed by atoms with Crippen LogP contribution >= 0.6 is 0 Å². The molecule has 2 aromatic rings. The van der Waals surface area contributed by atoms with Crippen LogP contribution in [0.4, 0.5) is 11.5 Å². The van der Waals surface area contributed by atoms with Gasteiger partial charge in [0.2, 0.25) is 11.8 Å². The molecule has 5 rings (SSSR count). The normalized spacial score (nSPS) is 23.0. The Kier molecular flexibility index (Phi) is 7.47. The zero-order chi connectivity index (χ0) is 27.8. The first kappa shape index (κ1) is 27.3. The summed E-state index contributed by atoms with van der Waals surface area (Å²) in [5.41, 5.74) is 0.946. The highest BCUT2D eigenvalue weighted by Gasteiger charge is 2.48. The fourth-order valence-electron chi connectivity index (χ4n) is 5.90. The third-order valence-electron chi connectivity index (χ3n) is 8.33. The van der Waals surface area contributed by atoms with E-state index < -0.39 is 33.1 Å². The van der Waals surface area contributed by atoms with Crippen molar-refractivity contribution >= 4 is 39.1 Å². The van der Waals surface area contributed by atoms with Crippen molar-refractivity contribution in [3.63, 3.8) is 0 Å². The first-order valence-electron chi connectivity index (χ1n) is 13.4. The summed E-state index contributed by atoms with van der Waals surface area (Å²) in [5, 5.41) is 8.64. The van der Waals surface area contributed by atoms with Crippen LogP contribution in [0.25, 0.3) is 0 Å². The molecule has 3 aliphatic rings. The van der Waals surface area contributed by atoms with Crippen molar-refractivity contribution in [2.75, 3.05) is 30.1 Å². The number of pyridine rings is 1. The summed E-state index contributed by atoms with van der Waals surface area (Å²) in [4.78, 5) is 44.1. The molecule has 0 bridgehead atoms. The van der Waals surface area contributed by atoms with Gasteiger partial charge in [-0.3, -0.25) is 14.4 Å². The van der Waals surface area contributed by atoms with Crippen molar-refractivity contribution in [2.45, 2.75) is 61.8 Å². The number of carbonyl (C=O) groups excluding carboxylic acids is 3. The molecule has 1 spiro atoms. The number of hydrogen-bond donors (Lipinski definition) is 3. The molecule has 11 heteroatoms. The van der Waals surface area contributed by atoms with E-state index in [4.69, 9.17) is 4.74 Å². The molecule has 0 unspecified atom stereocenters. The van der Waals surface area contributed by atoms with E-state index in [0.717, 1.165) is 37.5 Å². The maximum Gasteiger partial charge on any atom is 0.251 e. The standard InChI is InChI=1S/C28H34N4O6S/c1-17-6-8-18(9-7-17)24(32-25(33)19-4-3-5-20(14-19)39(2,36)37)26(34)31-23-15-22-21(16-29-23)28(27(35)30-22)10-12-38-13-11-28/h3-5,14-18,24H,6-13H2,1-2H3,(H,30,35)(H,32,33)(H,29,31,34)/t17?,18?,24-/m0/s1. The zero-order valence-corrected chi connectivity index (χ0v) is 23.0. The number of benzene rings is 1. The van der Waals surface area contributed by atoms with Gasteiger partial charge in [-0.25, -0.2) is 13.4 Å². The highest BCUT2D eigenvalue weighted by molar-refractivity contribution is 7.90. The molecule has 10 nitrogen and oxygen atoms in total. The first-order chi connectivity index (χ1) is 18.6. The van der Waals surface area contributed by atoms with Crippen molar-refractivity contribution < 1.29 is 27.5 Å². The predicted octanol–water partition coefficient (Wildman–Crippen LogP) is 3.05. The summed E-state index contributed by atoms with van der Waals surface area (Å²) in [6.45, 7) is 3.17. The largest absolute Gasteiger partial charge is 0.381 e. The molecule has 1 atom stereocenters. The number of ether oxygens (including phenoxy) is 1. The van der Waals surface area contributed by atoms with Crippen molar-refractivity contribution in [3.8, 4) is 0 Å². The number of hydrogen-bond acceptors (Lipinski definition) is 7. The Morgan fingerprint density at radius 3 is 2.54 bits per heavy atom. The van der Waals surface area contributed by atoms with Crippen LogP contribution in [0.1, 0.15) is 61.4 Å². The Morgan fingerprint density at radius 2 is 1.85 bits per heavy atom. The molecular weight excluding hydrogens is 520 g/mol. The number of rotatable bonds is 6. The van der Waals surface area contributed by atoms with Gasteiger partial charge in [-0.05, 0) is 55.7 Å². The van der Waals surface area contributed by atoms with Gasteiger partial charge in [-0.15, -0.1) is 0 Å². The second-order valence-electron chi connectivity index (χ2n) is 11.0. The van der Waals surface area contributed by atoms with Gasteiger partial charge in [0.1, 0.15) is 11.9 Å². The minimum absolute atomic E-state index is 0.0364.